The van der Waals surface area contributed by atoms with Crippen LogP contribution in [0.1, 0.15) is 24.8 Å². The van der Waals surface area contributed by atoms with Crippen LogP contribution < -0.4 is 26.4 Å². The molecule has 10 nitrogen and oxygen atoms in total. The standard InChI is InChI=1S/C21H25BrN8O2/c1-32-15-5-4-14(29-7-6-21(24,9-29)20(31)28-12-2-3-12)13(16(15)22)8-30-11-27-17-18(23)25-10-26-19(17)30/h4-5,10-12H,2-3,6-9,24H2,1H3,(H,28,31)(H2,23,25,26)/t21-/m1/s1. The maximum atomic E-state index is 12.8. The molecule has 1 amide bonds. The number of nitrogen functional groups attached to an aromatic ring is 1. The summed E-state index contributed by atoms with van der Waals surface area (Å²) in [4.78, 5) is 27.7. The quantitative estimate of drug-likeness (QED) is 0.461. The zero-order valence-corrected chi connectivity index (χ0v) is 19.3. The number of imidazole rings is 1. The molecule has 1 aliphatic carbocycles. The van der Waals surface area contributed by atoms with Gasteiger partial charge < -0.3 is 31.0 Å². The fourth-order valence-electron chi connectivity index (χ4n) is 4.16. The van der Waals surface area contributed by atoms with Crippen molar-refractivity contribution in [3.63, 3.8) is 0 Å². The Kier molecular flexibility index (Phi) is 5.17. The summed E-state index contributed by atoms with van der Waals surface area (Å²) in [6.07, 6.45) is 5.79. The van der Waals surface area contributed by atoms with E-state index >= 15 is 0 Å². The maximum absolute atomic E-state index is 12.8. The minimum atomic E-state index is -0.907. The van der Waals surface area contributed by atoms with Crippen LogP contribution in [0.3, 0.4) is 0 Å². The number of nitrogens with zero attached hydrogens (tertiary/aromatic N) is 5. The summed E-state index contributed by atoms with van der Waals surface area (Å²) in [6.45, 7) is 1.60. The largest absolute Gasteiger partial charge is 0.496 e. The van der Waals surface area contributed by atoms with Crippen LogP contribution in [-0.2, 0) is 11.3 Å². The lowest BCUT2D eigenvalue weighted by Crippen LogP contribution is -2.56. The van der Waals surface area contributed by atoms with E-state index in [4.69, 9.17) is 16.2 Å². The molecule has 0 bridgehead atoms. The van der Waals surface area contributed by atoms with Gasteiger partial charge in [0.2, 0.25) is 5.91 Å². The Labute approximate surface area is 193 Å². The number of hydrogen-bond acceptors (Lipinski definition) is 8. The Hall–Kier alpha value is -2.92. The molecular weight excluding hydrogens is 476 g/mol. The molecule has 32 heavy (non-hydrogen) atoms. The second kappa shape index (κ2) is 7.89. The number of fused-ring (bicyclic) bond motifs is 1. The topological polar surface area (TPSA) is 137 Å². The van der Waals surface area contributed by atoms with Gasteiger partial charge in [0, 0.05) is 30.4 Å². The predicted octanol–water partition coefficient (Wildman–Crippen LogP) is 1.41. The number of ether oxygens (including phenoxy) is 1. The third-order valence-electron chi connectivity index (χ3n) is 6.17. The van der Waals surface area contributed by atoms with Gasteiger partial charge in [-0.1, -0.05) is 0 Å². The zero-order valence-electron chi connectivity index (χ0n) is 17.7. The average molecular weight is 501 g/mol. The molecule has 0 spiro atoms. The van der Waals surface area contributed by atoms with Crippen molar-refractivity contribution in [1.29, 1.82) is 0 Å². The lowest BCUT2D eigenvalue weighted by Gasteiger charge is -2.27. The van der Waals surface area contributed by atoms with E-state index in [1.807, 2.05) is 16.7 Å². The molecule has 1 aliphatic heterocycles. The molecule has 11 heteroatoms. The number of carbonyl (C=O) groups is 1. The van der Waals surface area contributed by atoms with Crippen LogP contribution in [-0.4, -0.2) is 57.2 Å². The van der Waals surface area contributed by atoms with Crippen molar-refractivity contribution in [1.82, 2.24) is 24.8 Å². The highest BCUT2D eigenvalue weighted by atomic mass is 79.9. The number of benzene rings is 1. The first kappa shape index (κ1) is 21.0. The Bertz CT molecular complexity index is 1190. The molecule has 3 heterocycles. The summed E-state index contributed by atoms with van der Waals surface area (Å²) in [5.74, 6) is 0.990. The van der Waals surface area contributed by atoms with Crippen LogP contribution in [0.2, 0.25) is 0 Å². The molecule has 2 aliphatic rings. The fourth-order valence-corrected chi connectivity index (χ4v) is 4.78. The Morgan fingerprint density at radius 3 is 2.91 bits per heavy atom. The van der Waals surface area contributed by atoms with Crippen molar-refractivity contribution in [3.8, 4) is 5.75 Å². The lowest BCUT2D eigenvalue weighted by molar-refractivity contribution is -0.125. The molecule has 1 atom stereocenters. The second-order valence-corrected chi connectivity index (χ2v) is 9.25. The lowest BCUT2D eigenvalue weighted by atomic mass is 9.99. The average Bonchev–Trinajstić information content (AvgIpc) is 3.35. The van der Waals surface area contributed by atoms with Gasteiger partial charge in [-0.25, -0.2) is 15.0 Å². The number of halogens is 1. The van der Waals surface area contributed by atoms with Gasteiger partial charge in [0.25, 0.3) is 0 Å². The Morgan fingerprint density at radius 1 is 1.34 bits per heavy atom. The monoisotopic (exact) mass is 500 g/mol. The van der Waals surface area contributed by atoms with Gasteiger partial charge >= 0.3 is 0 Å². The van der Waals surface area contributed by atoms with E-state index < -0.39 is 5.54 Å². The normalized spacial score (nSPS) is 20.7. The molecule has 168 valence electrons. The number of carbonyl (C=O) groups excluding carboxylic acids is 1. The number of aromatic nitrogens is 4. The summed E-state index contributed by atoms with van der Waals surface area (Å²) in [6, 6.07) is 4.20. The molecule has 0 radical (unpaired) electrons. The van der Waals surface area contributed by atoms with E-state index in [1.165, 1.54) is 6.33 Å². The van der Waals surface area contributed by atoms with Crippen molar-refractivity contribution in [2.45, 2.75) is 37.4 Å². The van der Waals surface area contributed by atoms with Crippen LogP contribution in [0.5, 0.6) is 5.75 Å². The van der Waals surface area contributed by atoms with Crippen molar-refractivity contribution in [2.75, 3.05) is 30.8 Å². The van der Waals surface area contributed by atoms with Crippen LogP contribution in [0, 0.1) is 0 Å². The number of anilines is 2. The van der Waals surface area contributed by atoms with E-state index in [-0.39, 0.29) is 11.9 Å². The molecule has 1 saturated carbocycles. The molecule has 1 aromatic carbocycles. The molecule has 3 aromatic rings. The Balaban J connectivity index is 1.49. The van der Waals surface area contributed by atoms with Crippen LogP contribution in [0.4, 0.5) is 11.5 Å². The number of methoxy groups -OCH3 is 1. The summed E-state index contributed by atoms with van der Waals surface area (Å²) >= 11 is 3.71. The minimum absolute atomic E-state index is 0.0654. The summed E-state index contributed by atoms with van der Waals surface area (Å²) in [5.41, 5.74) is 14.8. The predicted molar refractivity (Wildman–Crippen MR) is 124 cm³/mol. The van der Waals surface area contributed by atoms with Crippen LogP contribution in [0.25, 0.3) is 11.2 Å². The molecule has 1 saturated heterocycles. The van der Waals surface area contributed by atoms with Crippen molar-refractivity contribution >= 4 is 44.5 Å². The van der Waals surface area contributed by atoms with E-state index in [0.717, 1.165) is 28.6 Å². The van der Waals surface area contributed by atoms with Gasteiger partial charge in [0.05, 0.1) is 24.5 Å². The van der Waals surface area contributed by atoms with E-state index in [1.54, 1.807) is 13.4 Å². The van der Waals surface area contributed by atoms with Gasteiger partial charge in [-0.3, -0.25) is 4.79 Å². The SMILES string of the molecule is COc1ccc(N2CC[C@](N)(C(=O)NC3CC3)C2)c(Cn2cnc3c(N)ncnc32)c1Br. The fraction of sp³-hybridized carbons (Fsp3) is 0.429. The smallest absolute Gasteiger partial charge is 0.242 e. The van der Waals surface area contributed by atoms with Crippen LogP contribution in [0.15, 0.2) is 29.3 Å². The highest BCUT2D eigenvalue weighted by Gasteiger charge is 2.43. The second-order valence-electron chi connectivity index (χ2n) is 8.46. The van der Waals surface area contributed by atoms with Crippen LogP contribution >= 0.6 is 15.9 Å². The third-order valence-corrected chi connectivity index (χ3v) is 7.04. The molecule has 0 unspecified atom stereocenters. The first-order valence-electron chi connectivity index (χ1n) is 10.5. The molecule has 5 rings (SSSR count). The number of amides is 1. The van der Waals surface area contributed by atoms with E-state index in [9.17, 15) is 4.79 Å². The van der Waals surface area contributed by atoms with Crippen molar-refractivity contribution in [3.05, 3.63) is 34.8 Å². The maximum Gasteiger partial charge on any atom is 0.242 e. The number of nitrogens with two attached hydrogens (primary N) is 2. The van der Waals surface area contributed by atoms with E-state index in [0.29, 0.717) is 48.8 Å². The zero-order chi connectivity index (χ0) is 22.5. The Morgan fingerprint density at radius 2 is 2.16 bits per heavy atom. The minimum Gasteiger partial charge on any atom is -0.496 e. The van der Waals surface area contributed by atoms with Gasteiger partial charge in [-0.2, -0.15) is 0 Å². The number of rotatable bonds is 6. The number of hydrogen-bond donors (Lipinski definition) is 3. The molecular formula is C21H25BrN8O2. The highest BCUT2D eigenvalue weighted by Crippen LogP contribution is 2.39. The molecule has 5 N–H and O–H groups in total. The van der Waals surface area contributed by atoms with Gasteiger partial charge in [0.15, 0.2) is 11.5 Å². The first-order valence-corrected chi connectivity index (χ1v) is 11.3. The molecule has 2 fully saturated rings. The van der Waals surface area contributed by atoms with Gasteiger partial charge in [-0.05, 0) is 47.3 Å². The van der Waals surface area contributed by atoms with E-state index in [2.05, 4.69) is 41.1 Å². The van der Waals surface area contributed by atoms with Crippen molar-refractivity contribution < 1.29 is 9.53 Å². The van der Waals surface area contributed by atoms with Crippen molar-refractivity contribution in [2.24, 2.45) is 5.73 Å². The van der Waals surface area contributed by atoms with Gasteiger partial charge in [0.1, 0.15) is 23.1 Å². The third kappa shape index (κ3) is 3.65. The first-order chi connectivity index (χ1) is 15.4. The number of nitrogens with one attached hydrogen (secondary N) is 1. The summed E-state index contributed by atoms with van der Waals surface area (Å²) in [7, 11) is 1.63. The summed E-state index contributed by atoms with van der Waals surface area (Å²) < 4.78 is 8.28. The molecule has 2 aromatic heterocycles. The highest BCUT2D eigenvalue weighted by molar-refractivity contribution is 9.10. The summed E-state index contributed by atoms with van der Waals surface area (Å²) in [5, 5.41) is 3.06. The van der Waals surface area contributed by atoms with Gasteiger partial charge in [-0.15, -0.1) is 0 Å².